The lowest BCUT2D eigenvalue weighted by molar-refractivity contribution is 0.0599. The quantitative estimate of drug-likeness (QED) is 0.772. The molecule has 3 aliphatic rings. The third-order valence-corrected chi connectivity index (χ3v) is 7.04. The van der Waals surface area contributed by atoms with Gasteiger partial charge < -0.3 is 15.2 Å². The van der Waals surface area contributed by atoms with Crippen LogP contribution < -0.4 is 5.32 Å². The van der Waals surface area contributed by atoms with Crippen molar-refractivity contribution in [2.45, 2.75) is 31.2 Å². The molecule has 2 N–H and O–H groups in total. The highest BCUT2D eigenvalue weighted by atomic mass is 16.5. The molecule has 5 rings (SSSR count). The number of nitrogens with one attached hydrogen (secondary N) is 1. The average molecular weight is 377 g/mol. The van der Waals surface area contributed by atoms with E-state index in [0.717, 1.165) is 11.3 Å². The van der Waals surface area contributed by atoms with Crippen molar-refractivity contribution in [1.82, 2.24) is 0 Å². The Morgan fingerprint density at radius 3 is 2.54 bits per heavy atom. The molecule has 144 valence electrons. The van der Waals surface area contributed by atoms with Gasteiger partial charge in [-0.1, -0.05) is 24.3 Å². The zero-order chi connectivity index (χ0) is 19.4. The summed E-state index contributed by atoms with van der Waals surface area (Å²) in [6.45, 7) is 0. The van der Waals surface area contributed by atoms with Crippen LogP contribution in [-0.4, -0.2) is 24.2 Å². The second-order valence-electron chi connectivity index (χ2n) is 8.25. The Balaban J connectivity index is 1.59. The number of esters is 1. The fraction of sp³-hybridized carbons (Fsp3) is 0.391. The fourth-order valence-electron chi connectivity index (χ4n) is 5.97. The molecule has 0 spiro atoms. The third kappa shape index (κ3) is 2.45. The molecule has 28 heavy (non-hydrogen) atoms. The zero-order valence-corrected chi connectivity index (χ0v) is 15.7. The Bertz CT molecular complexity index is 952. The summed E-state index contributed by atoms with van der Waals surface area (Å²) in [7, 11) is 1.38. The van der Waals surface area contributed by atoms with Crippen molar-refractivity contribution in [2.24, 2.45) is 17.8 Å². The van der Waals surface area contributed by atoms with E-state index in [1.807, 2.05) is 18.2 Å². The Morgan fingerprint density at radius 2 is 1.82 bits per heavy atom. The van der Waals surface area contributed by atoms with Gasteiger partial charge in [0, 0.05) is 0 Å². The topological polar surface area (TPSA) is 75.6 Å². The number of carbonyl (C=O) groups excluding carboxylic acids is 1. The molecule has 0 amide bonds. The van der Waals surface area contributed by atoms with Crippen LogP contribution in [0.4, 0.5) is 5.69 Å². The van der Waals surface area contributed by atoms with Crippen LogP contribution in [0.15, 0.2) is 42.5 Å². The molecular formula is C23H23NO4. The van der Waals surface area contributed by atoms with E-state index in [1.54, 1.807) is 18.2 Å². The SMILES string of the molecule is COC(=O)c1ccc([C@@H]2Nc3c(C(=O)O)cccc3[C@H]3[C@H]4CC[C@@H](C4)[C@H]32)cc1. The summed E-state index contributed by atoms with van der Waals surface area (Å²) in [4.78, 5) is 23.6. The molecule has 2 saturated carbocycles. The van der Waals surface area contributed by atoms with Crippen LogP contribution in [0.2, 0.25) is 0 Å². The summed E-state index contributed by atoms with van der Waals surface area (Å²) >= 11 is 0. The standard InChI is InChI=1S/C23H23NO4/c1-28-23(27)13-7-5-12(6-8-13)20-19-15-10-9-14(11-15)18(19)16-3-2-4-17(22(25)26)21(16)24-20/h2-8,14-15,18-20,24H,9-11H2,1H3,(H,25,26)/t14-,15-,18+,19+,20-/m0/s1. The zero-order valence-electron chi connectivity index (χ0n) is 15.7. The Morgan fingerprint density at radius 1 is 1.07 bits per heavy atom. The van der Waals surface area contributed by atoms with Gasteiger partial charge in [-0.2, -0.15) is 0 Å². The Kier molecular flexibility index (Phi) is 3.93. The Hall–Kier alpha value is -2.82. The fourth-order valence-corrected chi connectivity index (χ4v) is 5.97. The summed E-state index contributed by atoms with van der Waals surface area (Å²) in [5.74, 6) is 0.912. The van der Waals surface area contributed by atoms with E-state index in [9.17, 15) is 14.7 Å². The van der Waals surface area contributed by atoms with Crippen molar-refractivity contribution >= 4 is 17.6 Å². The maximum atomic E-state index is 11.8. The Labute approximate surface area is 163 Å². The predicted octanol–water partition coefficient (Wildman–Crippen LogP) is 4.47. The molecule has 5 atom stereocenters. The summed E-state index contributed by atoms with van der Waals surface area (Å²) < 4.78 is 4.80. The van der Waals surface area contributed by atoms with Gasteiger partial charge in [0.1, 0.15) is 0 Å². The van der Waals surface area contributed by atoms with Gasteiger partial charge in [-0.15, -0.1) is 0 Å². The number of rotatable bonds is 3. The number of fused-ring (bicyclic) bond motifs is 7. The minimum absolute atomic E-state index is 0.0556. The van der Waals surface area contributed by atoms with E-state index in [4.69, 9.17) is 4.74 Å². The highest BCUT2D eigenvalue weighted by Gasteiger charge is 2.54. The summed E-state index contributed by atoms with van der Waals surface area (Å²) in [5.41, 5.74) is 3.90. The number of para-hydroxylation sites is 1. The highest BCUT2D eigenvalue weighted by Crippen LogP contribution is 2.63. The molecule has 2 aliphatic carbocycles. The third-order valence-electron chi connectivity index (χ3n) is 7.04. The van der Waals surface area contributed by atoms with Gasteiger partial charge in [-0.25, -0.2) is 9.59 Å². The van der Waals surface area contributed by atoms with Crippen molar-refractivity contribution < 1.29 is 19.4 Å². The first kappa shape index (κ1) is 17.3. The monoisotopic (exact) mass is 377 g/mol. The minimum atomic E-state index is -0.897. The van der Waals surface area contributed by atoms with Crippen molar-refractivity contribution in [2.75, 3.05) is 12.4 Å². The normalized spacial score (nSPS) is 29.5. The number of aromatic carboxylic acids is 1. The molecule has 0 unspecified atom stereocenters. The number of carboxylic acids is 1. The van der Waals surface area contributed by atoms with E-state index in [0.29, 0.717) is 34.8 Å². The maximum Gasteiger partial charge on any atom is 0.337 e. The van der Waals surface area contributed by atoms with Crippen LogP contribution in [0.3, 0.4) is 0 Å². The van der Waals surface area contributed by atoms with Crippen LogP contribution in [0.25, 0.3) is 0 Å². The van der Waals surface area contributed by atoms with Crippen LogP contribution >= 0.6 is 0 Å². The van der Waals surface area contributed by atoms with Crippen LogP contribution in [0.1, 0.15) is 63.1 Å². The molecule has 5 nitrogen and oxygen atoms in total. The molecule has 2 aromatic carbocycles. The number of carbonyl (C=O) groups is 2. The molecule has 1 heterocycles. The summed E-state index contributed by atoms with van der Waals surface area (Å²) in [6.07, 6.45) is 3.71. The van der Waals surface area contributed by atoms with Crippen molar-refractivity contribution in [3.8, 4) is 0 Å². The van der Waals surface area contributed by atoms with Crippen LogP contribution in [-0.2, 0) is 4.74 Å². The number of hydrogen-bond donors (Lipinski definition) is 2. The molecule has 0 saturated heterocycles. The summed E-state index contributed by atoms with van der Waals surface area (Å²) in [5, 5.41) is 13.3. The van der Waals surface area contributed by atoms with Crippen LogP contribution in [0.5, 0.6) is 0 Å². The lowest BCUT2D eigenvalue weighted by Crippen LogP contribution is -2.36. The van der Waals surface area contributed by atoms with E-state index in [1.165, 1.54) is 31.9 Å². The smallest absolute Gasteiger partial charge is 0.337 e. The van der Waals surface area contributed by atoms with Gasteiger partial charge in [0.05, 0.1) is 30.0 Å². The first-order valence-electron chi connectivity index (χ1n) is 9.89. The van der Waals surface area contributed by atoms with Gasteiger partial charge in [-0.05, 0) is 72.3 Å². The van der Waals surface area contributed by atoms with Crippen molar-refractivity contribution in [3.05, 3.63) is 64.7 Å². The minimum Gasteiger partial charge on any atom is -0.478 e. The molecule has 2 fully saturated rings. The number of benzene rings is 2. The van der Waals surface area contributed by atoms with E-state index < -0.39 is 5.97 Å². The molecule has 1 aliphatic heterocycles. The largest absolute Gasteiger partial charge is 0.478 e. The maximum absolute atomic E-state index is 11.8. The molecule has 0 radical (unpaired) electrons. The number of methoxy groups -OCH3 is 1. The first-order chi connectivity index (χ1) is 13.6. The second-order valence-corrected chi connectivity index (χ2v) is 8.25. The van der Waals surface area contributed by atoms with Gasteiger partial charge in [0.25, 0.3) is 0 Å². The number of ether oxygens (including phenoxy) is 1. The van der Waals surface area contributed by atoms with Gasteiger partial charge in [0.2, 0.25) is 0 Å². The van der Waals surface area contributed by atoms with E-state index >= 15 is 0 Å². The predicted molar refractivity (Wildman–Crippen MR) is 105 cm³/mol. The van der Waals surface area contributed by atoms with Gasteiger partial charge >= 0.3 is 11.9 Å². The van der Waals surface area contributed by atoms with Gasteiger partial charge in [-0.3, -0.25) is 0 Å². The van der Waals surface area contributed by atoms with E-state index in [-0.39, 0.29) is 12.0 Å². The highest BCUT2D eigenvalue weighted by molar-refractivity contribution is 5.95. The molecule has 2 bridgehead atoms. The number of anilines is 1. The van der Waals surface area contributed by atoms with Crippen molar-refractivity contribution in [1.29, 1.82) is 0 Å². The number of hydrogen-bond acceptors (Lipinski definition) is 4. The lowest BCUT2D eigenvalue weighted by Gasteiger charge is -2.44. The molecular weight excluding hydrogens is 354 g/mol. The molecule has 5 heteroatoms. The van der Waals surface area contributed by atoms with E-state index in [2.05, 4.69) is 11.4 Å². The lowest BCUT2D eigenvalue weighted by atomic mass is 9.67. The van der Waals surface area contributed by atoms with Crippen LogP contribution in [0, 0.1) is 17.8 Å². The summed E-state index contributed by atoms with van der Waals surface area (Å²) in [6, 6.07) is 13.2. The van der Waals surface area contributed by atoms with Gasteiger partial charge in [0.15, 0.2) is 0 Å². The average Bonchev–Trinajstić information content (AvgIpc) is 3.35. The first-order valence-corrected chi connectivity index (χ1v) is 9.89. The number of carboxylic acid groups (broad SMARTS) is 1. The molecule has 0 aromatic heterocycles. The van der Waals surface area contributed by atoms with Crippen molar-refractivity contribution in [3.63, 3.8) is 0 Å². The molecule has 2 aromatic rings. The second kappa shape index (κ2) is 6.36.